The van der Waals surface area contributed by atoms with Crippen molar-refractivity contribution in [3.63, 3.8) is 0 Å². The number of aryl methyl sites for hydroxylation is 1. The van der Waals surface area contributed by atoms with Crippen LogP contribution in [0.15, 0.2) is 18.3 Å². The van der Waals surface area contributed by atoms with E-state index in [-0.39, 0.29) is 23.3 Å². The van der Waals surface area contributed by atoms with Crippen LogP contribution in [-0.4, -0.2) is 41.7 Å². The Kier molecular flexibility index (Phi) is 6.21. The normalized spacial score (nSPS) is 17.6. The number of aromatic nitrogens is 1. The zero-order valence-corrected chi connectivity index (χ0v) is 15.4. The van der Waals surface area contributed by atoms with Crippen molar-refractivity contribution in [3.05, 3.63) is 23.9 Å². The summed E-state index contributed by atoms with van der Waals surface area (Å²) in [5.41, 5.74) is 1.07. The molecule has 0 spiro atoms. The number of aliphatic hydroxyl groups is 1. The highest BCUT2D eigenvalue weighted by Crippen LogP contribution is 2.24. The van der Waals surface area contributed by atoms with Gasteiger partial charge in [0.15, 0.2) is 0 Å². The smallest absolute Gasteiger partial charge is 0.223 e. The molecule has 1 aliphatic rings. The molecule has 1 saturated heterocycles. The fourth-order valence-corrected chi connectivity index (χ4v) is 3.36. The number of amides is 1. The van der Waals surface area contributed by atoms with Gasteiger partial charge in [0, 0.05) is 31.7 Å². The van der Waals surface area contributed by atoms with E-state index in [0.29, 0.717) is 13.0 Å². The van der Waals surface area contributed by atoms with Crippen LogP contribution in [0.2, 0.25) is 0 Å². The van der Waals surface area contributed by atoms with Gasteiger partial charge in [-0.2, -0.15) is 0 Å². The van der Waals surface area contributed by atoms with Crippen molar-refractivity contribution in [2.75, 3.05) is 24.5 Å². The monoisotopic (exact) mass is 333 g/mol. The quantitative estimate of drug-likeness (QED) is 0.839. The predicted molar refractivity (Wildman–Crippen MR) is 97.0 cm³/mol. The molecule has 2 N–H and O–H groups in total. The summed E-state index contributed by atoms with van der Waals surface area (Å²) in [7, 11) is 0. The first-order valence-corrected chi connectivity index (χ1v) is 8.90. The van der Waals surface area contributed by atoms with Crippen LogP contribution in [0, 0.1) is 18.3 Å². The van der Waals surface area contributed by atoms with E-state index in [2.05, 4.69) is 35.1 Å². The molecule has 0 aliphatic carbocycles. The number of anilines is 1. The number of hydrogen-bond acceptors (Lipinski definition) is 4. The Bertz CT molecular complexity index is 532. The predicted octanol–water partition coefficient (Wildman–Crippen LogP) is 2.52. The summed E-state index contributed by atoms with van der Waals surface area (Å²) in [6, 6.07) is 4.12. The lowest BCUT2D eigenvalue weighted by molar-refractivity contribution is -0.126. The van der Waals surface area contributed by atoms with Gasteiger partial charge >= 0.3 is 0 Å². The van der Waals surface area contributed by atoms with Gasteiger partial charge in [-0.15, -0.1) is 0 Å². The molecule has 134 valence electrons. The molecule has 1 atom stereocenters. The van der Waals surface area contributed by atoms with E-state index in [1.807, 2.05) is 19.2 Å². The zero-order valence-electron chi connectivity index (χ0n) is 15.4. The van der Waals surface area contributed by atoms with Crippen molar-refractivity contribution in [2.45, 2.75) is 53.1 Å². The molecule has 0 aromatic carbocycles. The number of aliphatic hydroxyl groups excluding tert-OH is 1. The molecule has 0 bridgehead atoms. The number of carbonyl (C=O) groups excluding carboxylic acids is 1. The summed E-state index contributed by atoms with van der Waals surface area (Å²) in [5, 5.41) is 12.6. The SMILES string of the molecule is Cc1ccc(N2CCC(C(=O)NCC(C)(C)CC(C)O)CC2)nc1. The third kappa shape index (κ3) is 5.48. The molecule has 1 unspecified atom stereocenters. The minimum atomic E-state index is -0.345. The minimum absolute atomic E-state index is 0.0778. The molecule has 1 aromatic rings. The Balaban J connectivity index is 1.79. The van der Waals surface area contributed by atoms with Gasteiger partial charge < -0.3 is 15.3 Å². The van der Waals surface area contributed by atoms with E-state index in [0.717, 1.165) is 37.3 Å². The van der Waals surface area contributed by atoms with Crippen molar-refractivity contribution in [1.82, 2.24) is 10.3 Å². The Morgan fingerprint density at radius 2 is 2.08 bits per heavy atom. The van der Waals surface area contributed by atoms with Gasteiger partial charge in [0.2, 0.25) is 5.91 Å². The fourth-order valence-electron chi connectivity index (χ4n) is 3.36. The standard InChI is InChI=1S/C19H31N3O2/c1-14-5-6-17(20-12-14)22-9-7-16(8-10-22)18(24)21-13-19(3,4)11-15(2)23/h5-6,12,15-16,23H,7-11,13H2,1-4H3,(H,21,24). The second-order valence-electron chi connectivity index (χ2n) is 7.89. The number of carbonyl (C=O) groups is 1. The lowest BCUT2D eigenvalue weighted by Crippen LogP contribution is -2.43. The second kappa shape index (κ2) is 7.97. The van der Waals surface area contributed by atoms with Crippen molar-refractivity contribution >= 4 is 11.7 Å². The van der Waals surface area contributed by atoms with E-state index >= 15 is 0 Å². The molecule has 1 aliphatic heterocycles. The molecular weight excluding hydrogens is 302 g/mol. The maximum Gasteiger partial charge on any atom is 0.223 e. The Labute approximate surface area is 145 Å². The average Bonchev–Trinajstić information content (AvgIpc) is 2.52. The number of hydrogen-bond donors (Lipinski definition) is 2. The minimum Gasteiger partial charge on any atom is -0.393 e. The van der Waals surface area contributed by atoms with Crippen molar-refractivity contribution in [1.29, 1.82) is 0 Å². The largest absolute Gasteiger partial charge is 0.393 e. The lowest BCUT2D eigenvalue weighted by atomic mass is 9.86. The van der Waals surface area contributed by atoms with E-state index < -0.39 is 0 Å². The molecule has 1 fully saturated rings. The molecular formula is C19H31N3O2. The van der Waals surface area contributed by atoms with Crippen LogP contribution in [-0.2, 0) is 4.79 Å². The summed E-state index contributed by atoms with van der Waals surface area (Å²) in [6.07, 6.45) is 3.95. The number of rotatable bonds is 6. The molecule has 5 heteroatoms. The highest BCUT2D eigenvalue weighted by Gasteiger charge is 2.27. The van der Waals surface area contributed by atoms with Crippen LogP contribution in [0.3, 0.4) is 0 Å². The number of nitrogens with zero attached hydrogens (tertiary/aromatic N) is 2. The molecule has 24 heavy (non-hydrogen) atoms. The van der Waals surface area contributed by atoms with Gasteiger partial charge in [0.25, 0.3) is 0 Å². The van der Waals surface area contributed by atoms with Crippen LogP contribution in [0.1, 0.15) is 45.6 Å². The van der Waals surface area contributed by atoms with Crippen molar-refractivity contribution in [2.24, 2.45) is 11.3 Å². The first-order chi connectivity index (χ1) is 11.3. The van der Waals surface area contributed by atoms with Crippen molar-refractivity contribution < 1.29 is 9.90 Å². The zero-order chi connectivity index (χ0) is 17.7. The topological polar surface area (TPSA) is 65.5 Å². The number of piperidine rings is 1. The molecule has 1 aromatic heterocycles. The van der Waals surface area contributed by atoms with E-state index in [9.17, 15) is 9.90 Å². The maximum absolute atomic E-state index is 12.4. The Morgan fingerprint density at radius 3 is 2.62 bits per heavy atom. The summed E-state index contributed by atoms with van der Waals surface area (Å²) in [6.45, 7) is 10.3. The lowest BCUT2D eigenvalue weighted by Gasteiger charge is -2.33. The Morgan fingerprint density at radius 1 is 1.42 bits per heavy atom. The molecule has 5 nitrogen and oxygen atoms in total. The summed E-state index contributed by atoms with van der Waals surface area (Å²) >= 11 is 0. The van der Waals surface area contributed by atoms with Crippen LogP contribution in [0.25, 0.3) is 0 Å². The van der Waals surface area contributed by atoms with Gasteiger partial charge in [-0.1, -0.05) is 19.9 Å². The van der Waals surface area contributed by atoms with Gasteiger partial charge in [-0.05, 0) is 50.2 Å². The Hall–Kier alpha value is -1.62. The highest BCUT2D eigenvalue weighted by atomic mass is 16.3. The van der Waals surface area contributed by atoms with E-state index in [1.165, 1.54) is 0 Å². The van der Waals surface area contributed by atoms with Gasteiger partial charge in [0.1, 0.15) is 5.82 Å². The summed E-state index contributed by atoms with van der Waals surface area (Å²) in [4.78, 5) is 19.1. The molecule has 0 radical (unpaired) electrons. The van der Waals surface area contributed by atoms with Gasteiger partial charge in [-0.25, -0.2) is 4.98 Å². The van der Waals surface area contributed by atoms with Crippen LogP contribution < -0.4 is 10.2 Å². The van der Waals surface area contributed by atoms with E-state index in [1.54, 1.807) is 6.92 Å². The second-order valence-corrected chi connectivity index (χ2v) is 7.89. The van der Waals surface area contributed by atoms with Crippen LogP contribution >= 0.6 is 0 Å². The first kappa shape index (κ1) is 18.7. The fraction of sp³-hybridized carbons (Fsp3) is 0.684. The van der Waals surface area contributed by atoms with Crippen molar-refractivity contribution in [3.8, 4) is 0 Å². The summed E-state index contributed by atoms with van der Waals surface area (Å²) in [5.74, 6) is 1.22. The highest BCUT2D eigenvalue weighted by molar-refractivity contribution is 5.79. The number of nitrogens with one attached hydrogen (secondary N) is 1. The summed E-state index contributed by atoms with van der Waals surface area (Å²) < 4.78 is 0. The first-order valence-electron chi connectivity index (χ1n) is 8.90. The maximum atomic E-state index is 12.4. The molecule has 2 heterocycles. The third-order valence-electron chi connectivity index (χ3n) is 4.67. The molecule has 2 rings (SSSR count). The molecule has 1 amide bonds. The third-order valence-corrected chi connectivity index (χ3v) is 4.67. The van der Waals surface area contributed by atoms with Crippen LogP contribution in [0.4, 0.5) is 5.82 Å². The van der Waals surface area contributed by atoms with Crippen LogP contribution in [0.5, 0.6) is 0 Å². The van der Waals surface area contributed by atoms with E-state index in [4.69, 9.17) is 0 Å². The van der Waals surface area contributed by atoms with Gasteiger partial charge in [0.05, 0.1) is 6.10 Å². The molecule has 0 saturated carbocycles. The average molecular weight is 333 g/mol. The number of pyridine rings is 1. The van der Waals surface area contributed by atoms with Gasteiger partial charge in [-0.3, -0.25) is 4.79 Å².